The first-order valence-corrected chi connectivity index (χ1v) is 8.88. The third-order valence-corrected chi connectivity index (χ3v) is 5.23. The molecule has 0 aliphatic carbocycles. The van der Waals surface area contributed by atoms with Crippen molar-refractivity contribution >= 4 is 23.4 Å². The van der Waals surface area contributed by atoms with Crippen molar-refractivity contribution in [1.82, 2.24) is 4.90 Å². The number of nitro benzene ring substituents is 1. The summed E-state index contributed by atoms with van der Waals surface area (Å²) in [7, 11) is 0. The van der Waals surface area contributed by atoms with E-state index >= 15 is 0 Å². The fourth-order valence-electron chi connectivity index (χ4n) is 2.80. The Balaban J connectivity index is 1.97. The van der Waals surface area contributed by atoms with Crippen LogP contribution in [0.25, 0.3) is 0 Å². The van der Waals surface area contributed by atoms with Crippen molar-refractivity contribution in [2.24, 2.45) is 0 Å². The summed E-state index contributed by atoms with van der Waals surface area (Å²) in [6.45, 7) is 1.29. The first kappa shape index (κ1) is 17.4. The van der Waals surface area contributed by atoms with Gasteiger partial charge in [-0.3, -0.25) is 14.9 Å². The number of carbonyl (C=O) groups is 1. The molecule has 130 valence electrons. The molecule has 0 unspecified atom stereocenters. The van der Waals surface area contributed by atoms with Crippen molar-refractivity contribution in [2.75, 3.05) is 13.1 Å². The van der Waals surface area contributed by atoms with Gasteiger partial charge in [0, 0.05) is 35.0 Å². The molecule has 0 spiro atoms. The predicted octanol–water partition coefficient (Wildman–Crippen LogP) is 4.51. The Labute approximate surface area is 149 Å². The van der Waals surface area contributed by atoms with Crippen molar-refractivity contribution in [3.8, 4) is 0 Å². The van der Waals surface area contributed by atoms with Gasteiger partial charge >= 0.3 is 0 Å². The summed E-state index contributed by atoms with van der Waals surface area (Å²) in [5.74, 6) is -0.621. The number of hydrogen-bond donors (Lipinski definition) is 0. The second-order valence-electron chi connectivity index (χ2n) is 5.82. The van der Waals surface area contributed by atoms with Crippen LogP contribution in [0.5, 0.6) is 0 Å². The van der Waals surface area contributed by atoms with Gasteiger partial charge in [0.2, 0.25) is 0 Å². The number of non-ortho nitro benzene ring substituents is 1. The maximum Gasteiger partial charge on any atom is 0.270 e. The Morgan fingerprint density at radius 3 is 2.48 bits per heavy atom. The topological polar surface area (TPSA) is 63.4 Å². The first-order valence-electron chi connectivity index (χ1n) is 8.06. The smallest absolute Gasteiger partial charge is 0.270 e. The highest BCUT2D eigenvalue weighted by atomic mass is 32.2. The zero-order valence-corrected chi connectivity index (χ0v) is 14.3. The van der Waals surface area contributed by atoms with Crippen molar-refractivity contribution in [3.05, 3.63) is 64.0 Å². The second-order valence-corrected chi connectivity index (χ2v) is 6.91. The molecule has 0 bridgehead atoms. The zero-order chi connectivity index (χ0) is 17.8. The molecule has 2 aromatic carbocycles. The number of hydrogen-bond acceptors (Lipinski definition) is 4. The molecule has 25 heavy (non-hydrogen) atoms. The van der Waals surface area contributed by atoms with Crippen LogP contribution < -0.4 is 0 Å². The molecule has 0 N–H and O–H groups in total. The lowest BCUT2D eigenvalue weighted by molar-refractivity contribution is -0.384. The molecule has 1 heterocycles. The Kier molecular flexibility index (Phi) is 5.33. The fourth-order valence-corrected chi connectivity index (χ4v) is 3.74. The van der Waals surface area contributed by atoms with Gasteiger partial charge in [0.15, 0.2) is 0 Å². The van der Waals surface area contributed by atoms with Crippen LogP contribution in [0.4, 0.5) is 10.1 Å². The van der Waals surface area contributed by atoms with Gasteiger partial charge in [0.25, 0.3) is 11.6 Å². The molecule has 0 radical (unpaired) electrons. The van der Waals surface area contributed by atoms with Gasteiger partial charge in [-0.25, -0.2) is 4.39 Å². The zero-order valence-electron chi connectivity index (χ0n) is 13.5. The normalized spacial score (nSPS) is 14.4. The molecule has 1 amide bonds. The highest BCUT2D eigenvalue weighted by molar-refractivity contribution is 7.99. The van der Waals surface area contributed by atoms with E-state index in [2.05, 4.69) is 0 Å². The Hall–Kier alpha value is -2.41. The number of nitro groups is 1. The summed E-state index contributed by atoms with van der Waals surface area (Å²) in [6.07, 6.45) is 2.93. The van der Waals surface area contributed by atoms with E-state index < -0.39 is 4.92 Å². The van der Waals surface area contributed by atoms with Crippen LogP contribution in [-0.2, 0) is 0 Å². The molecule has 2 aromatic rings. The van der Waals surface area contributed by atoms with Crippen LogP contribution in [0.1, 0.15) is 29.6 Å². The van der Waals surface area contributed by atoms with E-state index in [9.17, 15) is 19.3 Å². The molecule has 1 fully saturated rings. The lowest BCUT2D eigenvalue weighted by Crippen LogP contribution is -2.35. The van der Waals surface area contributed by atoms with E-state index in [1.165, 1.54) is 24.3 Å². The number of nitrogens with zero attached hydrogens (tertiary/aromatic N) is 2. The summed E-state index contributed by atoms with van der Waals surface area (Å²) in [5.41, 5.74) is 0.114. The lowest BCUT2D eigenvalue weighted by atomic mass is 10.1. The number of benzene rings is 2. The SMILES string of the molecule is O=C(c1cc([N+](=O)[O-])ccc1Sc1ccccc1F)N1CCCCC1. The number of likely N-dealkylation sites (tertiary alicyclic amines) is 1. The van der Waals surface area contributed by atoms with Crippen molar-refractivity contribution in [1.29, 1.82) is 0 Å². The van der Waals surface area contributed by atoms with E-state index in [0.717, 1.165) is 31.0 Å². The molecule has 0 aromatic heterocycles. The maximum absolute atomic E-state index is 13.9. The molecule has 7 heteroatoms. The third kappa shape index (κ3) is 3.99. The van der Waals surface area contributed by atoms with Gasteiger partial charge in [0.1, 0.15) is 5.82 Å². The van der Waals surface area contributed by atoms with Crippen LogP contribution in [0, 0.1) is 15.9 Å². The van der Waals surface area contributed by atoms with Crippen LogP contribution in [0.3, 0.4) is 0 Å². The summed E-state index contributed by atoms with van der Waals surface area (Å²) in [4.78, 5) is 26.0. The maximum atomic E-state index is 13.9. The fraction of sp³-hybridized carbons (Fsp3) is 0.278. The van der Waals surface area contributed by atoms with E-state index in [1.807, 2.05) is 0 Å². The quantitative estimate of drug-likeness (QED) is 0.594. The van der Waals surface area contributed by atoms with Gasteiger partial charge in [-0.15, -0.1) is 0 Å². The van der Waals surface area contributed by atoms with Gasteiger partial charge in [-0.05, 0) is 37.5 Å². The van der Waals surface area contributed by atoms with E-state index in [4.69, 9.17) is 0 Å². The minimum absolute atomic E-state index is 0.141. The number of amides is 1. The minimum Gasteiger partial charge on any atom is -0.339 e. The second kappa shape index (κ2) is 7.65. The van der Waals surface area contributed by atoms with E-state index in [1.54, 1.807) is 23.1 Å². The lowest BCUT2D eigenvalue weighted by Gasteiger charge is -2.27. The van der Waals surface area contributed by atoms with Gasteiger partial charge in [0.05, 0.1) is 10.5 Å². The monoisotopic (exact) mass is 360 g/mol. The van der Waals surface area contributed by atoms with E-state index in [0.29, 0.717) is 22.9 Å². The van der Waals surface area contributed by atoms with Crippen molar-refractivity contribution in [2.45, 2.75) is 29.1 Å². The van der Waals surface area contributed by atoms with Crippen LogP contribution in [0.2, 0.25) is 0 Å². The molecule has 0 saturated carbocycles. The van der Waals surface area contributed by atoms with Crippen LogP contribution in [-0.4, -0.2) is 28.8 Å². The van der Waals surface area contributed by atoms with Gasteiger partial charge in [-0.2, -0.15) is 0 Å². The summed E-state index contributed by atoms with van der Waals surface area (Å²) in [6, 6.07) is 10.4. The largest absolute Gasteiger partial charge is 0.339 e. The Morgan fingerprint density at radius 2 is 1.80 bits per heavy atom. The number of rotatable bonds is 4. The highest BCUT2D eigenvalue weighted by Gasteiger charge is 2.24. The Morgan fingerprint density at radius 1 is 1.08 bits per heavy atom. The van der Waals surface area contributed by atoms with Crippen LogP contribution >= 0.6 is 11.8 Å². The Bertz CT molecular complexity index is 807. The minimum atomic E-state index is -0.523. The van der Waals surface area contributed by atoms with Crippen LogP contribution in [0.15, 0.2) is 52.3 Å². The summed E-state index contributed by atoms with van der Waals surface area (Å²) in [5, 5.41) is 11.1. The summed E-state index contributed by atoms with van der Waals surface area (Å²) >= 11 is 1.11. The van der Waals surface area contributed by atoms with Gasteiger partial charge in [-0.1, -0.05) is 23.9 Å². The number of piperidine rings is 1. The first-order chi connectivity index (χ1) is 12.1. The molecular weight excluding hydrogens is 343 g/mol. The summed E-state index contributed by atoms with van der Waals surface area (Å²) < 4.78 is 13.9. The van der Waals surface area contributed by atoms with Gasteiger partial charge < -0.3 is 4.90 Å². The average molecular weight is 360 g/mol. The van der Waals surface area contributed by atoms with Crippen molar-refractivity contribution < 1.29 is 14.1 Å². The molecule has 3 rings (SSSR count). The standard InChI is InChI=1S/C18H17FN2O3S/c19-15-6-2-3-7-17(15)25-16-9-8-13(21(23)24)12-14(16)18(22)20-10-4-1-5-11-20/h2-3,6-9,12H,1,4-5,10-11H2. The molecule has 1 saturated heterocycles. The average Bonchev–Trinajstić information content (AvgIpc) is 2.64. The predicted molar refractivity (Wildman–Crippen MR) is 93.4 cm³/mol. The van der Waals surface area contributed by atoms with Crippen molar-refractivity contribution in [3.63, 3.8) is 0 Å². The highest BCUT2D eigenvalue weighted by Crippen LogP contribution is 2.34. The molecule has 5 nitrogen and oxygen atoms in total. The number of halogens is 1. The van der Waals surface area contributed by atoms with E-state index in [-0.39, 0.29) is 23.0 Å². The molecule has 0 atom stereocenters. The molecule has 1 aliphatic heterocycles. The third-order valence-electron chi connectivity index (χ3n) is 4.10. The number of carbonyl (C=O) groups excluding carboxylic acids is 1. The molecule has 1 aliphatic rings. The molecular formula is C18H17FN2O3S.